The number of anilines is 1. The first-order chi connectivity index (χ1) is 10.1. The normalized spacial score (nSPS) is 21.9. The van der Waals surface area contributed by atoms with E-state index in [1.54, 1.807) is 0 Å². The zero-order valence-corrected chi connectivity index (χ0v) is 12.9. The summed E-state index contributed by atoms with van der Waals surface area (Å²) in [7, 11) is 2.16. The van der Waals surface area contributed by atoms with Crippen LogP contribution in [0, 0.1) is 6.92 Å². The number of likely N-dealkylation sites (N-methyl/N-ethyl adjacent to an activating group) is 1. The lowest BCUT2D eigenvalue weighted by atomic mass is 10.0. The van der Waals surface area contributed by atoms with Crippen LogP contribution in [0.25, 0.3) is 6.08 Å². The van der Waals surface area contributed by atoms with E-state index in [-0.39, 0.29) is 5.91 Å². The van der Waals surface area contributed by atoms with E-state index in [9.17, 15) is 4.79 Å². The Morgan fingerprint density at radius 1 is 1.19 bits per heavy atom. The van der Waals surface area contributed by atoms with E-state index in [4.69, 9.17) is 0 Å². The number of carbonyl (C=O) groups excluding carboxylic acids is 1. The monoisotopic (exact) mass is 285 g/mol. The summed E-state index contributed by atoms with van der Waals surface area (Å²) in [6, 6.07) is 6.54. The third-order valence-corrected chi connectivity index (χ3v) is 4.33. The predicted molar refractivity (Wildman–Crippen MR) is 86.5 cm³/mol. The van der Waals surface area contributed by atoms with Gasteiger partial charge in [-0.3, -0.25) is 4.79 Å². The molecule has 0 spiro atoms. The first-order valence-corrected chi connectivity index (χ1v) is 7.66. The number of aryl methyl sites for hydroxylation is 1. The highest BCUT2D eigenvalue weighted by Gasteiger charge is 2.19. The SMILES string of the molecule is Cc1ccc(N2CCN(C)CC2)c(/C=C2\CCNC2=O)c1. The van der Waals surface area contributed by atoms with Gasteiger partial charge in [-0.2, -0.15) is 0 Å². The smallest absolute Gasteiger partial charge is 0.247 e. The van der Waals surface area contributed by atoms with Gasteiger partial charge in [0, 0.05) is 44.0 Å². The molecule has 2 fully saturated rings. The van der Waals surface area contributed by atoms with E-state index in [1.807, 2.05) is 0 Å². The summed E-state index contributed by atoms with van der Waals surface area (Å²) in [5.74, 6) is 0.0841. The van der Waals surface area contributed by atoms with Crippen molar-refractivity contribution in [1.29, 1.82) is 0 Å². The highest BCUT2D eigenvalue weighted by Crippen LogP contribution is 2.26. The van der Waals surface area contributed by atoms with Gasteiger partial charge in [0.25, 0.3) is 0 Å². The Hall–Kier alpha value is -1.81. The fourth-order valence-electron chi connectivity index (χ4n) is 2.99. The van der Waals surface area contributed by atoms with Crippen LogP contribution in [0.3, 0.4) is 0 Å². The van der Waals surface area contributed by atoms with E-state index in [2.05, 4.69) is 53.4 Å². The van der Waals surface area contributed by atoms with Gasteiger partial charge < -0.3 is 15.1 Å². The van der Waals surface area contributed by atoms with Crippen LogP contribution in [0.2, 0.25) is 0 Å². The Kier molecular flexibility index (Phi) is 3.97. The number of piperazine rings is 1. The third kappa shape index (κ3) is 3.10. The van der Waals surface area contributed by atoms with Crippen LogP contribution in [-0.4, -0.2) is 50.6 Å². The van der Waals surface area contributed by atoms with Crippen molar-refractivity contribution in [3.05, 3.63) is 34.9 Å². The first kappa shape index (κ1) is 14.1. The van der Waals surface area contributed by atoms with Gasteiger partial charge >= 0.3 is 0 Å². The molecule has 1 aromatic carbocycles. The van der Waals surface area contributed by atoms with Gasteiger partial charge in [-0.25, -0.2) is 0 Å². The van der Waals surface area contributed by atoms with Gasteiger partial charge in [0.15, 0.2) is 0 Å². The van der Waals surface area contributed by atoms with Crippen LogP contribution in [0.5, 0.6) is 0 Å². The van der Waals surface area contributed by atoms with Crippen molar-refractivity contribution in [2.45, 2.75) is 13.3 Å². The number of rotatable bonds is 2. The predicted octanol–water partition coefficient (Wildman–Crippen LogP) is 1.65. The molecule has 21 heavy (non-hydrogen) atoms. The van der Waals surface area contributed by atoms with E-state index in [0.717, 1.165) is 44.7 Å². The van der Waals surface area contributed by atoms with Crippen molar-refractivity contribution in [3.63, 3.8) is 0 Å². The summed E-state index contributed by atoms with van der Waals surface area (Å²) < 4.78 is 0. The van der Waals surface area contributed by atoms with E-state index < -0.39 is 0 Å². The van der Waals surface area contributed by atoms with Gasteiger partial charge in [0.2, 0.25) is 5.91 Å². The fourth-order valence-corrected chi connectivity index (χ4v) is 2.99. The Balaban J connectivity index is 1.92. The minimum atomic E-state index is 0.0841. The fraction of sp³-hybridized carbons (Fsp3) is 0.471. The van der Waals surface area contributed by atoms with Crippen molar-refractivity contribution in [3.8, 4) is 0 Å². The van der Waals surface area contributed by atoms with Crippen molar-refractivity contribution < 1.29 is 4.79 Å². The lowest BCUT2D eigenvalue weighted by Crippen LogP contribution is -2.44. The first-order valence-electron chi connectivity index (χ1n) is 7.66. The highest BCUT2D eigenvalue weighted by molar-refractivity contribution is 6.00. The summed E-state index contributed by atoms with van der Waals surface area (Å²) in [4.78, 5) is 16.6. The summed E-state index contributed by atoms with van der Waals surface area (Å²) in [6.07, 6.45) is 2.90. The maximum atomic E-state index is 11.8. The number of hydrogen-bond acceptors (Lipinski definition) is 3. The second kappa shape index (κ2) is 5.90. The standard InChI is InChI=1S/C17H23N3O/c1-13-3-4-16(20-9-7-19(2)8-10-20)15(11-13)12-14-5-6-18-17(14)21/h3-4,11-12H,5-10H2,1-2H3,(H,18,21)/b14-12+. The van der Waals surface area contributed by atoms with Crippen molar-refractivity contribution in [2.75, 3.05) is 44.7 Å². The second-order valence-corrected chi connectivity index (χ2v) is 6.03. The van der Waals surface area contributed by atoms with Crippen LogP contribution < -0.4 is 10.2 Å². The Morgan fingerprint density at radius 2 is 1.95 bits per heavy atom. The molecule has 2 heterocycles. The molecule has 0 unspecified atom stereocenters. The number of amides is 1. The zero-order chi connectivity index (χ0) is 14.8. The van der Waals surface area contributed by atoms with E-state index in [1.165, 1.54) is 16.8 Å². The van der Waals surface area contributed by atoms with Crippen molar-refractivity contribution in [1.82, 2.24) is 10.2 Å². The summed E-state index contributed by atoms with van der Waals surface area (Å²) in [5.41, 5.74) is 4.56. The van der Waals surface area contributed by atoms with Gasteiger partial charge in [0.1, 0.15) is 0 Å². The van der Waals surface area contributed by atoms with Gasteiger partial charge in [-0.05, 0) is 44.2 Å². The number of benzene rings is 1. The zero-order valence-electron chi connectivity index (χ0n) is 12.9. The summed E-state index contributed by atoms with van der Waals surface area (Å²) >= 11 is 0. The molecule has 2 aliphatic rings. The van der Waals surface area contributed by atoms with Crippen LogP contribution in [0.4, 0.5) is 5.69 Å². The van der Waals surface area contributed by atoms with Crippen molar-refractivity contribution >= 4 is 17.7 Å². The quantitative estimate of drug-likeness (QED) is 0.839. The topological polar surface area (TPSA) is 35.6 Å². The average molecular weight is 285 g/mol. The van der Waals surface area contributed by atoms with Crippen LogP contribution in [0.15, 0.2) is 23.8 Å². The summed E-state index contributed by atoms with van der Waals surface area (Å²) in [5, 5.41) is 2.88. The molecule has 0 radical (unpaired) electrons. The minimum absolute atomic E-state index is 0.0841. The third-order valence-electron chi connectivity index (χ3n) is 4.33. The summed E-state index contributed by atoms with van der Waals surface area (Å²) in [6.45, 7) is 7.13. The molecular formula is C17H23N3O. The molecule has 4 heteroatoms. The molecule has 0 bridgehead atoms. The molecule has 1 aromatic rings. The number of hydrogen-bond donors (Lipinski definition) is 1. The van der Waals surface area contributed by atoms with Gasteiger partial charge in [-0.15, -0.1) is 0 Å². The molecule has 1 amide bonds. The lowest BCUT2D eigenvalue weighted by Gasteiger charge is -2.35. The number of carbonyl (C=O) groups is 1. The molecule has 2 saturated heterocycles. The molecule has 2 aliphatic heterocycles. The van der Waals surface area contributed by atoms with Gasteiger partial charge in [-0.1, -0.05) is 11.6 Å². The molecule has 0 saturated carbocycles. The Labute approximate surface area is 126 Å². The van der Waals surface area contributed by atoms with Crippen molar-refractivity contribution in [2.24, 2.45) is 0 Å². The molecule has 4 nitrogen and oxygen atoms in total. The number of nitrogens with one attached hydrogen (secondary N) is 1. The average Bonchev–Trinajstić information content (AvgIpc) is 2.86. The molecule has 1 N–H and O–H groups in total. The van der Waals surface area contributed by atoms with Gasteiger partial charge in [0.05, 0.1) is 0 Å². The molecule has 3 rings (SSSR count). The molecule has 0 atom stereocenters. The molecule has 0 aliphatic carbocycles. The minimum Gasteiger partial charge on any atom is -0.368 e. The highest BCUT2D eigenvalue weighted by atomic mass is 16.1. The van der Waals surface area contributed by atoms with Crippen LogP contribution in [0.1, 0.15) is 17.5 Å². The maximum Gasteiger partial charge on any atom is 0.247 e. The maximum absolute atomic E-state index is 11.8. The number of nitrogens with zero attached hydrogens (tertiary/aromatic N) is 2. The largest absolute Gasteiger partial charge is 0.368 e. The van der Waals surface area contributed by atoms with Crippen LogP contribution in [-0.2, 0) is 4.79 Å². The lowest BCUT2D eigenvalue weighted by molar-refractivity contribution is -0.116. The van der Waals surface area contributed by atoms with E-state index in [0.29, 0.717) is 0 Å². The second-order valence-electron chi connectivity index (χ2n) is 6.03. The van der Waals surface area contributed by atoms with Crippen LogP contribution >= 0.6 is 0 Å². The Morgan fingerprint density at radius 3 is 2.62 bits per heavy atom. The molecule has 112 valence electrons. The molecular weight excluding hydrogens is 262 g/mol. The van der Waals surface area contributed by atoms with E-state index >= 15 is 0 Å². The molecule has 0 aromatic heterocycles. The Bertz CT molecular complexity index is 571.